The molecule has 1 aromatic rings. The standard InChI is InChI=1S/C9H5F2NO3/c10-9(11)4(3-12)7(9)5-1-2-6(15-5)8(13)14/h1-2,4,7H,(H,13,14). The maximum Gasteiger partial charge on any atom is 0.371 e. The molecule has 1 aromatic heterocycles. The second-order valence-electron chi connectivity index (χ2n) is 3.27. The van der Waals surface area contributed by atoms with Crippen LogP contribution in [-0.4, -0.2) is 17.0 Å². The van der Waals surface area contributed by atoms with Crippen LogP contribution in [0.15, 0.2) is 16.5 Å². The Labute approximate surface area is 82.7 Å². The van der Waals surface area contributed by atoms with E-state index in [-0.39, 0.29) is 5.76 Å². The minimum atomic E-state index is -3.11. The normalized spacial score (nSPS) is 27.0. The summed E-state index contributed by atoms with van der Waals surface area (Å²) >= 11 is 0. The summed E-state index contributed by atoms with van der Waals surface area (Å²) in [6.45, 7) is 0. The Balaban J connectivity index is 2.27. The lowest BCUT2D eigenvalue weighted by atomic mass is 10.2. The molecule has 2 unspecified atom stereocenters. The highest BCUT2D eigenvalue weighted by Crippen LogP contribution is 2.61. The predicted octanol–water partition coefficient (Wildman–Crippen LogP) is 1.85. The molecule has 0 radical (unpaired) electrons. The molecule has 1 fully saturated rings. The highest BCUT2D eigenvalue weighted by atomic mass is 19.3. The molecule has 0 bridgehead atoms. The first-order chi connectivity index (χ1) is 6.98. The summed E-state index contributed by atoms with van der Waals surface area (Å²) in [6, 6.07) is 3.72. The van der Waals surface area contributed by atoms with Crippen molar-refractivity contribution in [2.24, 2.45) is 5.92 Å². The molecular formula is C9H5F2NO3. The average Bonchev–Trinajstić information content (AvgIpc) is 2.58. The number of carbonyl (C=O) groups is 1. The number of halogens is 2. The van der Waals surface area contributed by atoms with Crippen LogP contribution in [0, 0.1) is 17.2 Å². The van der Waals surface area contributed by atoms with Gasteiger partial charge in [-0.3, -0.25) is 0 Å². The van der Waals surface area contributed by atoms with E-state index in [1.807, 2.05) is 0 Å². The molecule has 4 nitrogen and oxygen atoms in total. The van der Waals surface area contributed by atoms with Crippen LogP contribution < -0.4 is 0 Å². The minimum Gasteiger partial charge on any atom is -0.475 e. The van der Waals surface area contributed by atoms with Gasteiger partial charge in [-0.15, -0.1) is 0 Å². The third-order valence-electron chi connectivity index (χ3n) is 2.34. The second kappa shape index (κ2) is 2.79. The van der Waals surface area contributed by atoms with Gasteiger partial charge in [0.05, 0.1) is 6.07 Å². The Kier molecular flexibility index (Phi) is 1.80. The molecule has 1 saturated carbocycles. The highest BCUT2D eigenvalue weighted by molar-refractivity contribution is 5.84. The van der Waals surface area contributed by atoms with Crippen molar-refractivity contribution in [1.29, 1.82) is 5.26 Å². The Hall–Kier alpha value is -1.90. The number of aromatic carboxylic acids is 1. The molecule has 6 heteroatoms. The Morgan fingerprint density at radius 3 is 2.67 bits per heavy atom. The number of furan rings is 1. The maximum absolute atomic E-state index is 12.9. The van der Waals surface area contributed by atoms with Crippen molar-refractivity contribution in [3.05, 3.63) is 23.7 Å². The summed E-state index contributed by atoms with van der Waals surface area (Å²) in [4.78, 5) is 10.4. The van der Waals surface area contributed by atoms with Gasteiger partial charge in [0.2, 0.25) is 5.76 Å². The Bertz CT molecular complexity index is 460. The molecule has 1 aliphatic rings. The monoisotopic (exact) mass is 213 g/mol. The number of hydrogen-bond acceptors (Lipinski definition) is 3. The lowest BCUT2D eigenvalue weighted by Gasteiger charge is -1.91. The van der Waals surface area contributed by atoms with Gasteiger partial charge in [0.25, 0.3) is 5.92 Å². The van der Waals surface area contributed by atoms with Crippen molar-refractivity contribution in [3.8, 4) is 6.07 Å². The number of nitrogens with zero attached hydrogens (tertiary/aromatic N) is 1. The first kappa shape index (κ1) is 9.65. The predicted molar refractivity (Wildman–Crippen MR) is 42.5 cm³/mol. The van der Waals surface area contributed by atoms with E-state index in [4.69, 9.17) is 14.8 Å². The van der Waals surface area contributed by atoms with Gasteiger partial charge in [-0.25, -0.2) is 13.6 Å². The summed E-state index contributed by atoms with van der Waals surface area (Å²) < 4.78 is 30.6. The van der Waals surface area contributed by atoms with Crippen molar-refractivity contribution in [1.82, 2.24) is 0 Å². The van der Waals surface area contributed by atoms with Crippen molar-refractivity contribution in [2.75, 3.05) is 0 Å². The van der Waals surface area contributed by atoms with Gasteiger partial charge in [0.15, 0.2) is 0 Å². The van der Waals surface area contributed by atoms with E-state index in [9.17, 15) is 13.6 Å². The molecular weight excluding hydrogens is 208 g/mol. The Morgan fingerprint density at radius 2 is 2.27 bits per heavy atom. The molecule has 0 saturated heterocycles. The van der Waals surface area contributed by atoms with Crippen LogP contribution in [0.5, 0.6) is 0 Å². The van der Waals surface area contributed by atoms with E-state index in [1.54, 1.807) is 0 Å². The number of rotatable bonds is 2. The molecule has 1 heterocycles. The fourth-order valence-electron chi connectivity index (χ4n) is 1.48. The molecule has 1 aliphatic carbocycles. The van der Waals surface area contributed by atoms with E-state index in [0.29, 0.717) is 0 Å². The van der Waals surface area contributed by atoms with Crippen LogP contribution in [0.4, 0.5) is 8.78 Å². The SMILES string of the molecule is N#CC1C(c2ccc(C(=O)O)o2)C1(F)F. The van der Waals surface area contributed by atoms with E-state index in [1.165, 1.54) is 12.1 Å². The Morgan fingerprint density at radius 1 is 1.60 bits per heavy atom. The number of alkyl halides is 2. The molecule has 2 atom stereocenters. The fraction of sp³-hybridized carbons (Fsp3) is 0.333. The van der Waals surface area contributed by atoms with Gasteiger partial charge in [-0.05, 0) is 12.1 Å². The first-order valence-electron chi connectivity index (χ1n) is 4.09. The topological polar surface area (TPSA) is 74.2 Å². The number of hydrogen-bond donors (Lipinski definition) is 1. The highest BCUT2D eigenvalue weighted by Gasteiger charge is 2.71. The van der Waals surface area contributed by atoms with Crippen molar-refractivity contribution in [3.63, 3.8) is 0 Å². The fourth-order valence-corrected chi connectivity index (χ4v) is 1.48. The molecule has 0 amide bonds. The quantitative estimate of drug-likeness (QED) is 0.813. The molecule has 1 N–H and O–H groups in total. The first-order valence-corrected chi connectivity index (χ1v) is 4.09. The lowest BCUT2D eigenvalue weighted by molar-refractivity contribution is 0.0655. The molecule has 2 rings (SSSR count). The van der Waals surface area contributed by atoms with E-state index >= 15 is 0 Å². The van der Waals surface area contributed by atoms with E-state index < -0.39 is 29.5 Å². The summed E-state index contributed by atoms with van der Waals surface area (Å²) in [5.41, 5.74) is 0. The summed E-state index contributed by atoms with van der Waals surface area (Å²) in [5, 5.41) is 16.9. The molecule has 15 heavy (non-hydrogen) atoms. The van der Waals surface area contributed by atoms with E-state index in [2.05, 4.69) is 0 Å². The van der Waals surface area contributed by atoms with Crippen LogP contribution in [0.25, 0.3) is 0 Å². The number of carboxylic acid groups (broad SMARTS) is 1. The maximum atomic E-state index is 12.9. The molecule has 78 valence electrons. The van der Waals surface area contributed by atoms with Gasteiger partial charge in [0, 0.05) is 0 Å². The van der Waals surface area contributed by atoms with Crippen LogP contribution in [0.1, 0.15) is 22.2 Å². The average molecular weight is 213 g/mol. The molecule has 0 aliphatic heterocycles. The van der Waals surface area contributed by atoms with Crippen LogP contribution >= 0.6 is 0 Å². The summed E-state index contributed by atoms with van der Waals surface area (Å²) in [6.07, 6.45) is 0. The minimum absolute atomic E-state index is 0.149. The zero-order valence-electron chi connectivity index (χ0n) is 7.28. The van der Waals surface area contributed by atoms with Gasteiger partial charge >= 0.3 is 5.97 Å². The molecule has 0 aromatic carbocycles. The van der Waals surface area contributed by atoms with Gasteiger partial charge in [-0.1, -0.05) is 0 Å². The summed E-state index contributed by atoms with van der Waals surface area (Å²) in [5.74, 6) is -7.70. The third kappa shape index (κ3) is 1.28. The zero-order valence-corrected chi connectivity index (χ0v) is 7.28. The van der Waals surface area contributed by atoms with Crippen molar-refractivity contribution < 1.29 is 23.1 Å². The zero-order chi connectivity index (χ0) is 11.2. The van der Waals surface area contributed by atoms with Crippen LogP contribution in [-0.2, 0) is 0 Å². The van der Waals surface area contributed by atoms with Crippen molar-refractivity contribution in [2.45, 2.75) is 11.8 Å². The van der Waals surface area contributed by atoms with Crippen LogP contribution in [0.3, 0.4) is 0 Å². The lowest BCUT2D eigenvalue weighted by Crippen LogP contribution is -1.94. The number of carboxylic acids is 1. The number of nitriles is 1. The van der Waals surface area contributed by atoms with E-state index in [0.717, 1.165) is 6.07 Å². The third-order valence-corrected chi connectivity index (χ3v) is 2.34. The van der Waals surface area contributed by atoms with Gasteiger partial charge in [-0.2, -0.15) is 5.26 Å². The summed E-state index contributed by atoms with van der Waals surface area (Å²) in [7, 11) is 0. The smallest absolute Gasteiger partial charge is 0.371 e. The molecule has 0 spiro atoms. The van der Waals surface area contributed by atoms with Crippen LogP contribution in [0.2, 0.25) is 0 Å². The van der Waals surface area contributed by atoms with Gasteiger partial charge < -0.3 is 9.52 Å². The van der Waals surface area contributed by atoms with Gasteiger partial charge in [0.1, 0.15) is 17.6 Å². The largest absolute Gasteiger partial charge is 0.475 e. The second-order valence-corrected chi connectivity index (χ2v) is 3.27. The van der Waals surface area contributed by atoms with Crippen molar-refractivity contribution >= 4 is 5.97 Å².